The predicted molar refractivity (Wildman–Crippen MR) is 75.0 cm³/mol. The van der Waals surface area contributed by atoms with Crippen molar-refractivity contribution in [3.63, 3.8) is 0 Å². The van der Waals surface area contributed by atoms with E-state index in [1.165, 1.54) is 5.56 Å². The number of aryl methyl sites for hydroxylation is 3. The van der Waals surface area contributed by atoms with E-state index in [1.807, 2.05) is 52.1 Å². The predicted octanol–water partition coefficient (Wildman–Crippen LogP) is 2.28. The minimum absolute atomic E-state index is 0.0636. The Balaban J connectivity index is 2.12. The zero-order chi connectivity index (χ0) is 14.0. The molecule has 4 nitrogen and oxygen atoms in total. The molecule has 0 bridgehead atoms. The lowest BCUT2D eigenvalue weighted by Gasteiger charge is -2.08. The third-order valence-electron chi connectivity index (χ3n) is 3.44. The fraction of sp³-hybridized carbons (Fsp3) is 0.333. The molecule has 4 heteroatoms. The Bertz CT molecular complexity index is 614. The Morgan fingerprint density at radius 3 is 2.53 bits per heavy atom. The SMILES string of the molecule is Cc1ccccc1CNC(=O)c1c(C)nn(C)c1C. The Morgan fingerprint density at radius 1 is 1.26 bits per heavy atom. The second-order valence-electron chi connectivity index (χ2n) is 4.78. The normalized spacial score (nSPS) is 10.5. The van der Waals surface area contributed by atoms with Gasteiger partial charge in [0.2, 0.25) is 0 Å². The van der Waals surface area contributed by atoms with Crippen LogP contribution in [0.1, 0.15) is 32.9 Å². The lowest BCUT2D eigenvalue weighted by Crippen LogP contribution is -2.24. The first kappa shape index (κ1) is 13.3. The van der Waals surface area contributed by atoms with Crippen molar-refractivity contribution in [1.82, 2.24) is 15.1 Å². The van der Waals surface area contributed by atoms with Crippen LogP contribution in [0.5, 0.6) is 0 Å². The summed E-state index contributed by atoms with van der Waals surface area (Å²) in [5, 5.41) is 7.22. The molecule has 0 unspecified atom stereocenters. The van der Waals surface area contributed by atoms with Crippen molar-refractivity contribution < 1.29 is 4.79 Å². The summed E-state index contributed by atoms with van der Waals surface area (Å²) in [5.41, 5.74) is 4.65. The minimum atomic E-state index is -0.0636. The van der Waals surface area contributed by atoms with Crippen LogP contribution < -0.4 is 5.32 Å². The van der Waals surface area contributed by atoms with Crippen LogP contribution in [0.25, 0.3) is 0 Å². The van der Waals surface area contributed by atoms with Crippen LogP contribution in [-0.2, 0) is 13.6 Å². The zero-order valence-electron chi connectivity index (χ0n) is 11.8. The van der Waals surface area contributed by atoms with Crippen LogP contribution in [-0.4, -0.2) is 15.7 Å². The van der Waals surface area contributed by atoms with Gasteiger partial charge in [0.15, 0.2) is 0 Å². The van der Waals surface area contributed by atoms with Gasteiger partial charge in [0.25, 0.3) is 5.91 Å². The standard InChI is InChI=1S/C15H19N3O/c1-10-7-5-6-8-13(10)9-16-15(19)14-11(2)17-18(4)12(14)3/h5-8H,9H2,1-4H3,(H,16,19). The molecule has 2 rings (SSSR count). The molecule has 0 spiro atoms. The first-order valence-electron chi connectivity index (χ1n) is 6.33. The number of carbonyl (C=O) groups is 1. The highest BCUT2D eigenvalue weighted by Crippen LogP contribution is 2.12. The largest absolute Gasteiger partial charge is 0.348 e. The van der Waals surface area contributed by atoms with Crippen molar-refractivity contribution in [1.29, 1.82) is 0 Å². The summed E-state index contributed by atoms with van der Waals surface area (Å²) in [6.45, 7) is 6.35. The average Bonchev–Trinajstić information content (AvgIpc) is 2.62. The third-order valence-corrected chi connectivity index (χ3v) is 3.44. The first-order valence-corrected chi connectivity index (χ1v) is 6.33. The van der Waals surface area contributed by atoms with Crippen LogP contribution in [0.3, 0.4) is 0 Å². The molecule has 0 aliphatic rings. The van der Waals surface area contributed by atoms with Crippen LogP contribution in [0, 0.1) is 20.8 Å². The fourth-order valence-corrected chi connectivity index (χ4v) is 2.17. The fourth-order valence-electron chi connectivity index (χ4n) is 2.17. The highest BCUT2D eigenvalue weighted by Gasteiger charge is 2.16. The molecule has 100 valence electrons. The Morgan fingerprint density at radius 2 is 1.95 bits per heavy atom. The number of hydrogen-bond acceptors (Lipinski definition) is 2. The van der Waals surface area contributed by atoms with Gasteiger partial charge in [-0.05, 0) is 31.9 Å². The monoisotopic (exact) mass is 257 g/mol. The van der Waals surface area contributed by atoms with Crippen LogP contribution in [0.4, 0.5) is 0 Å². The van der Waals surface area contributed by atoms with Crippen molar-refractivity contribution in [2.24, 2.45) is 7.05 Å². The van der Waals surface area contributed by atoms with E-state index in [0.717, 1.165) is 17.0 Å². The number of hydrogen-bond donors (Lipinski definition) is 1. The molecule has 19 heavy (non-hydrogen) atoms. The summed E-state index contributed by atoms with van der Waals surface area (Å²) in [7, 11) is 1.85. The van der Waals surface area contributed by atoms with Gasteiger partial charge in [0, 0.05) is 19.3 Å². The molecule has 0 aliphatic heterocycles. The summed E-state index contributed by atoms with van der Waals surface area (Å²) in [6.07, 6.45) is 0. The lowest BCUT2D eigenvalue weighted by atomic mass is 10.1. The molecule has 1 N–H and O–H groups in total. The van der Waals surface area contributed by atoms with Gasteiger partial charge in [-0.2, -0.15) is 5.10 Å². The van der Waals surface area contributed by atoms with E-state index in [1.54, 1.807) is 4.68 Å². The molecule has 0 saturated heterocycles. The maximum absolute atomic E-state index is 12.2. The van der Waals surface area contributed by atoms with E-state index in [0.29, 0.717) is 12.1 Å². The number of benzene rings is 1. The molecule has 0 saturated carbocycles. The van der Waals surface area contributed by atoms with Crippen LogP contribution in [0.2, 0.25) is 0 Å². The zero-order valence-corrected chi connectivity index (χ0v) is 11.8. The van der Waals surface area contributed by atoms with Gasteiger partial charge in [-0.3, -0.25) is 9.48 Å². The molecule has 0 fully saturated rings. The second kappa shape index (κ2) is 5.26. The number of nitrogens with one attached hydrogen (secondary N) is 1. The molecular formula is C15H19N3O. The van der Waals surface area contributed by atoms with Crippen LogP contribution in [0.15, 0.2) is 24.3 Å². The summed E-state index contributed by atoms with van der Waals surface area (Å²) in [6, 6.07) is 8.05. The number of carbonyl (C=O) groups excluding carboxylic acids is 1. The number of aromatic nitrogens is 2. The number of nitrogens with zero attached hydrogens (tertiary/aromatic N) is 2. The van der Waals surface area contributed by atoms with Crippen LogP contribution >= 0.6 is 0 Å². The molecule has 0 aliphatic carbocycles. The van der Waals surface area contributed by atoms with Gasteiger partial charge in [0.1, 0.15) is 0 Å². The molecule has 0 radical (unpaired) electrons. The summed E-state index contributed by atoms with van der Waals surface area (Å²) in [5.74, 6) is -0.0636. The number of rotatable bonds is 3. The molecule has 0 atom stereocenters. The van der Waals surface area contributed by atoms with Crippen molar-refractivity contribution in [2.75, 3.05) is 0 Å². The summed E-state index contributed by atoms with van der Waals surface area (Å²) in [4.78, 5) is 12.2. The van der Waals surface area contributed by atoms with Gasteiger partial charge in [-0.15, -0.1) is 0 Å². The Kier molecular flexibility index (Phi) is 3.69. The van der Waals surface area contributed by atoms with Crippen molar-refractivity contribution in [3.05, 3.63) is 52.3 Å². The van der Waals surface area contributed by atoms with Gasteiger partial charge in [-0.25, -0.2) is 0 Å². The van der Waals surface area contributed by atoms with Gasteiger partial charge in [-0.1, -0.05) is 24.3 Å². The Hall–Kier alpha value is -2.10. The highest BCUT2D eigenvalue weighted by atomic mass is 16.1. The van der Waals surface area contributed by atoms with Crippen molar-refractivity contribution >= 4 is 5.91 Å². The van der Waals surface area contributed by atoms with Crippen molar-refractivity contribution in [3.8, 4) is 0 Å². The molecule has 1 aromatic carbocycles. The number of amides is 1. The topological polar surface area (TPSA) is 46.9 Å². The maximum Gasteiger partial charge on any atom is 0.255 e. The summed E-state index contributed by atoms with van der Waals surface area (Å²) < 4.78 is 1.73. The maximum atomic E-state index is 12.2. The van der Waals surface area contributed by atoms with E-state index in [2.05, 4.69) is 10.4 Å². The highest BCUT2D eigenvalue weighted by molar-refractivity contribution is 5.96. The molecule has 1 heterocycles. The van der Waals surface area contributed by atoms with E-state index >= 15 is 0 Å². The lowest BCUT2D eigenvalue weighted by molar-refractivity contribution is 0.0949. The van der Waals surface area contributed by atoms with E-state index in [9.17, 15) is 4.79 Å². The van der Waals surface area contributed by atoms with Gasteiger partial charge < -0.3 is 5.32 Å². The molecular weight excluding hydrogens is 238 g/mol. The third kappa shape index (κ3) is 2.67. The molecule has 1 aromatic heterocycles. The summed E-state index contributed by atoms with van der Waals surface area (Å²) >= 11 is 0. The minimum Gasteiger partial charge on any atom is -0.348 e. The van der Waals surface area contributed by atoms with Gasteiger partial charge >= 0.3 is 0 Å². The molecule has 2 aromatic rings. The van der Waals surface area contributed by atoms with Gasteiger partial charge in [0.05, 0.1) is 11.3 Å². The molecule has 1 amide bonds. The van der Waals surface area contributed by atoms with E-state index in [-0.39, 0.29) is 5.91 Å². The first-order chi connectivity index (χ1) is 9.00. The van der Waals surface area contributed by atoms with Crippen molar-refractivity contribution in [2.45, 2.75) is 27.3 Å². The smallest absolute Gasteiger partial charge is 0.255 e. The van der Waals surface area contributed by atoms with E-state index in [4.69, 9.17) is 0 Å². The second-order valence-corrected chi connectivity index (χ2v) is 4.78. The Labute approximate surface area is 113 Å². The quantitative estimate of drug-likeness (QED) is 0.917. The average molecular weight is 257 g/mol. The van der Waals surface area contributed by atoms with E-state index < -0.39 is 0 Å².